The van der Waals surface area contributed by atoms with Gasteiger partial charge >= 0.3 is 18.4 Å². The van der Waals surface area contributed by atoms with Crippen LogP contribution >= 0.6 is 0 Å². The van der Waals surface area contributed by atoms with E-state index in [9.17, 15) is 41.2 Å². The number of benzene rings is 1. The van der Waals surface area contributed by atoms with Crippen molar-refractivity contribution in [2.45, 2.75) is 38.7 Å². The van der Waals surface area contributed by atoms with Crippen molar-refractivity contribution in [1.82, 2.24) is 9.55 Å². The summed E-state index contributed by atoms with van der Waals surface area (Å²) in [4.78, 5) is 29.3. The van der Waals surface area contributed by atoms with E-state index in [1.54, 1.807) is 39.0 Å². The molecule has 3 rings (SSSR count). The Kier molecular flexibility index (Phi) is 7.36. The van der Waals surface area contributed by atoms with Crippen LogP contribution in [0.2, 0.25) is 0 Å². The number of anilines is 2. The first-order chi connectivity index (χ1) is 17.4. The van der Waals surface area contributed by atoms with Crippen molar-refractivity contribution in [3.05, 3.63) is 53.3 Å². The number of hydrogen-bond acceptors (Lipinski definition) is 6. The summed E-state index contributed by atoms with van der Waals surface area (Å²) >= 11 is 0. The smallest absolute Gasteiger partial charge is 0.433 e. The van der Waals surface area contributed by atoms with E-state index >= 15 is 0 Å². The number of carbonyl (C=O) groups excluding carboxylic acids is 2. The number of aromatic nitrogens is 2. The number of alkyl halides is 6. The predicted octanol–water partition coefficient (Wildman–Crippen LogP) is 5.80. The summed E-state index contributed by atoms with van der Waals surface area (Å²) in [5.41, 5.74) is -4.80. The zero-order chi connectivity index (χ0) is 28.6. The first kappa shape index (κ1) is 28.3. The van der Waals surface area contributed by atoms with Crippen molar-refractivity contribution in [3.8, 4) is 6.07 Å². The maximum absolute atomic E-state index is 13.3. The molecule has 38 heavy (non-hydrogen) atoms. The maximum atomic E-state index is 13.3. The molecule has 202 valence electrons. The minimum Gasteiger partial charge on any atom is -0.443 e. The number of hydrogen-bond donors (Lipinski definition) is 1. The van der Waals surface area contributed by atoms with Gasteiger partial charge in [0.15, 0.2) is 0 Å². The Balaban J connectivity index is 1.85. The quantitative estimate of drug-likeness (QED) is 0.419. The highest BCUT2D eigenvalue weighted by atomic mass is 19.4. The van der Waals surface area contributed by atoms with Crippen LogP contribution in [-0.2, 0) is 21.9 Å². The van der Waals surface area contributed by atoms with Crippen LogP contribution in [0.15, 0.2) is 36.5 Å². The molecule has 0 aliphatic rings. The fourth-order valence-electron chi connectivity index (χ4n) is 3.39. The number of nitriles is 1. The minimum atomic E-state index is -5.27. The molecule has 0 bridgehead atoms. The number of nitrogens with one attached hydrogen (secondary N) is 1. The van der Waals surface area contributed by atoms with Crippen LogP contribution < -0.4 is 10.2 Å². The molecular formula is C24H21F6N5O3. The monoisotopic (exact) mass is 541 g/mol. The number of rotatable bonds is 4. The molecule has 0 radical (unpaired) electrons. The highest BCUT2D eigenvalue weighted by molar-refractivity contribution is 5.99. The number of carbonyl (C=O) groups is 2. The van der Waals surface area contributed by atoms with Gasteiger partial charge in [-0.1, -0.05) is 0 Å². The lowest BCUT2D eigenvalue weighted by atomic mass is 10.1. The van der Waals surface area contributed by atoms with E-state index in [0.717, 1.165) is 4.90 Å². The molecule has 0 unspecified atom stereocenters. The molecular weight excluding hydrogens is 520 g/mol. The van der Waals surface area contributed by atoms with Gasteiger partial charge in [0.05, 0.1) is 17.6 Å². The van der Waals surface area contributed by atoms with Gasteiger partial charge in [-0.05, 0) is 51.1 Å². The van der Waals surface area contributed by atoms with Crippen molar-refractivity contribution in [3.63, 3.8) is 0 Å². The first-order valence-corrected chi connectivity index (χ1v) is 10.9. The van der Waals surface area contributed by atoms with Gasteiger partial charge in [0.2, 0.25) is 5.91 Å². The number of nitrogens with zero attached hydrogens (tertiary/aromatic N) is 4. The third-order valence-corrected chi connectivity index (χ3v) is 5.16. The summed E-state index contributed by atoms with van der Waals surface area (Å²) in [7, 11) is 1.34. The summed E-state index contributed by atoms with van der Waals surface area (Å²) < 4.78 is 86.0. The zero-order valence-corrected chi connectivity index (χ0v) is 20.5. The normalized spacial score (nSPS) is 12.2. The van der Waals surface area contributed by atoms with Crippen molar-refractivity contribution in [2.24, 2.45) is 0 Å². The van der Waals surface area contributed by atoms with E-state index < -0.39 is 59.1 Å². The summed E-state index contributed by atoms with van der Waals surface area (Å²) in [5.74, 6) is -1.78. The summed E-state index contributed by atoms with van der Waals surface area (Å²) in [6.07, 6.45) is -9.63. The second-order valence-electron chi connectivity index (χ2n) is 9.10. The van der Waals surface area contributed by atoms with Gasteiger partial charge in [-0.2, -0.15) is 31.6 Å². The molecule has 0 saturated heterocycles. The van der Waals surface area contributed by atoms with Crippen LogP contribution in [0.4, 0.5) is 42.6 Å². The Labute approximate surface area is 212 Å². The van der Waals surface area contributed by atoms with Crippen molar-refractivity contribution >= 4 is 34.4 Å². The number of pyridine rings is 1. The Hall–Kier alpha value is -4.28. The minimum absolute atomic E-state index is 0.254. The van der Waals surface area contributed by atoms with Crippen LogP contribution in [0.25, 0.3) is 10.9 Å². The largest absolute Gasteiger partial charge is 0.443 e. The second-order valence-corrected chi connectivity index (χ2v) is 9.10. The van der Waals surface area contributed by atoms with Gasteiger partial charge in [-0.3, -0.25) is 9.36 Å². The average molecular weight is 541 g/mol. The molecule has 14 heteroatoms. The topological polar surface area (TPSA) is 100 Å². The molecule has 1 N–H and O–H groups in total. The fourth-order valence-corrected chi connectivity index (χ4v) is 3.39. The van der Waals surface area contributed by atoms with Crippen LogP contribution in [0, 0.1) is 11.3 Å². The molecule has 3 aromatic rings. The highest BCUT2D eigenvalue weighted by Gasteiger charge is 2.41. The number of fused-ring (bicyclic) bond motifs is 1. The van der Waals surface area contributed by atoms with Gasteiger partial charge in [0.25, 0.3) is 0 Å². The van der Waals surface area contributed by atoms with Gasteiger partial charge in [0.1, 0.15) is 28.7 Å². The molecule has 1 amide bonds. The van der Waals surface area contributed by atoms with Gasteiger partial charge in [-0.25, -0.2) is 9.78 Å². The third kappa shape index (κ3) is 6.16. The van der Waals surface area contributed by atoms with Gasteiger partial charge in [-0.15, -0.1) is 0 Å². The number of ether oxygens (including phenoxy) is 1. The molecule has 0 fully saturated rings. The Morgan fingerprint density at radius 2 is 1.74 bits per heavy atom. The highest BCUT2D eigenvalue weighted by Crippen LogP contribution is 2.38. The zero-order valence-electron chi connectivity index (χ0n) is 20.5. The number of likely N-dealkylation sites (N-methyl/N-ethyl adjacent to an activating group) is 1. The van der Waals surface area contributed by atoms with E-state index in [-0.39, 0.29) is 6.07 Å². The van der Waals surface area contributed by atoms with E-state index in [2.05, 4.69) is 10.3 Å². The van der Waals surface area contributed by atoms with Crippen molar-refractivity contribution in [1.29, 1.82) is 5.26 Å². The lowest BCUT2D eigenvalue weighted by Gasteiger charge is -2.20. The predicted molar refractivity (Wildman–Crippen MR) is 124 cm³/mol. The lowest BCUT2D eigenvalue weighted by molar-refractivity contribution is -0.145. The Morgan fingerprint density at radius 1 is 1.08 bits per heavy atom. The first-order valence-electron chi connectivity index (χ1n) is 10.9. The molecule has 0 spiro atoms. The molecule has 0 atom stereocenters. The fraction of sp³-hybridized carbons (Fsp3) is 0.333. The molecule has 1 aromatic carbocycles. The maximum Gasteiger partial charge on any atom is 0.433 e. The van der Waals surface area contributed by atoms with Crippen LogP contribution in [0.3, 0.4) is 0 Å². The molecule has 0 saturated carbocycles. The van der Waals surface area contributed by atoms with Crippen LogP contribution in [0.1, 0.15) is 37.6 Å². The molecule has 2 heterocycles. The van der Waals surface area contributed by atoms with Crippen LogP contribution in [0.5, 0.6) is 0 Å². The SMILES string of the molecule is CN(C(=O)CNc1nc(C(F)(F)F)cc(C(F)(F)F)c1C#N)c1ccc2c(ccn2C(=O)OC(C)(C)C)c1. The summed E-state index contributed by atoms with van der Waals surface area (Å²) in [6.45, 7) is 4.36. The molecule has 8 nitrogen and oxygen atoms in total. The average Bonchev–Trinajstić information content (AvgIpc) is 3.22. The van der Waals surface area contributed by atoms with E-state index in [0.29, 0.717) is 16.6 Å². The van der Waals surface area contributed by atoms with E-state index in [4.69, 9.17) is 4.74 Å². The van der Waals surface area contributed by atoms with E-state index in [1.165, 1.54) is 29.9 Å². The Bertz CT molecular complexity index is 1430. The van der Waals surface area contributed by atoms with Crippen LogP contribution in [-0.4, -0.2) is 40.7 Å². The Morgan fingerprint density at radius 3 is 2.29 bits per heavy atom. The number of amides is 1. The van der Waals surface area contributed by atoms with Gasteiger partial charge < -0.3 is 15.0 Å². The standard InChI is InChI=1S/C24H21F6N5O3/c1-22(2,3)38-21(37)35-8-7-13-9-14(5-6-17(13)35)34(4)19(36)12-32-20-15(11-31)16(23(25,26)27)10-18(33-20)24(28,29)30/h5-10H,12H2,1-4H3,(H,32,33). The number of halogens is 6. The molecule has 2 aromatic heterocycles. The summed E-state index contributed by atoms with van der Waals surface area (Å²) in [5, 5.41) is 11.9. The molecule has 0 aliphatic heterocycles. The molecule has 0 aliphatic carbocycles. The van der Waals surface area contributed by atoms with Gasteiger partial charge in [0, 0.05) is 24.3 Å². The van der Waals surface area contributed by atoms with E-state index in [1.807, 2.05) is 0 Å². The summed E-state index contributed by atoms with van der Waals surface area (Å²) in [6, 6.07) is 7.14. The van der Waals surface area contributed by atoms with Crippen molar-refractivity contribution < 1.29 is 40.7 Å². The second kappa shape index (κ2) is 9.88. The van der Waals surface area contributed by atoms with Crippen molar-refractivity contribution in [2.75, 3.05) is 23.8 Å². The third-order valence-electron chi connectivity index (χ3n) is 5.16. The lowest BCUT2D eigenvalue weighted by Crippen LogP contribution is -2.32.